The zero-order valence-electron chi connectivity index (χ0n) is 11.0. The van der Waals surface area contributed by atoms with E-state index in [0.29, 0.717) is 6.42 Å². The Morgan fingerprint density at radius 3 is 2.56 bits per heavy atom. The molecular weight excluding hydrogens is 228 g/mol. The van der Waals surface area contributed by atoms with E-state index in [1.807, 2.05) is 44.2 Å². The minimum absolute atomic E-state index is 0.0142. The van der Waals surface area contributed by atoms with E-state index >= 15 is 0 Å². The maximum Gasteiger partial charge on any atom is 0.222 e. The van der Waals surface area contributed by atoms with Gasteiger partial charge in [0.15, 0.2) is 0 Å². The maximum absolute atomic E-state index is 11.8. The second-order valence-corrected chi connectivity index (χ2v) is 4.52. The van der Waals surface area contributed by atoms with Gasteiger partial charge in [0.2, 0.25) is 5.91 Å². The van der Waals surface area contributed by atoms with Gasteiger partial charge in [-0.15, -0.1) is 0 Å². The van der Waals surface area contributed by atoms with Crippen LogP contribution in [0.25, 0.3) is 0 Å². The summed E-state index contributed by atoms with van der Waals surface area (Å²) in [6, 6.07) is 9.64. The molecule has 0 unspecified atom stereocenters. The molecule has 0 saturated heterocycles. The summed E-state index contributed by atoms with van der Waals surface area (Å²) in [5.74, 6) is -0.0497. The molecule has 0 aliphatic rings. The standard InChI is InChI=1S/C14H22N2O2/c1-3-7-13(16-18)10-14(17)15-11(2)12-8-5-4-6-9-12/h4-6,8-9,11,13,16,18H,3,7,10H2,1-2H3,(H,15,17)/t11-,13-/m0/s1. The lowest BCUT2D eigenvalue weighted by Crippen LogP contribution is -2.35. The van der Waals surface area contributed by atoms with Gasteiger partial charge in [-0.1, -0.05) is 43.7 Å². The first-order chi connectivity index (χ1) is 8.67. The fourth-order valence-corrected chi connectivity index (χ4v) is 1.91. The van der Waals surface area contributed by atoms with Crippen LogP contribution in [0, 0.1) is 0 Å². The molecule has 0 aliphatic heterocycles. The smallest absolute Gasteiger partial charge is 0.222 e. The van der Waals surface area contributed by atoms with Crippen LogP contribution in [0.2, 0.25) is 0 Å². The van der Waals surface area contributed by atoms with E-state index in [0.717, 1.165) is 18.4 Å². The predicted octanol–water partition coefficient (Wildman–Crippen LogP) is 2.40. The number of carbonyl (C=O) groups is 1. The molecule has 0 aliphatic carbocycles. The number of hydroxylamine groups is 1. The van der Waals surface area contributed by atoms with E-state index in [4.69, 9.17) is 5.21 Å². The Morgan fingerprint density at radius 2 is 2.00 bits per heavy atom. The largest absolute Gasteiger partial charge is 0.350 e. The molecule has 0 radical (unpaired) electrons. The van der Waals surface area contributed by atoms with Crippen molar-refractivity contribution in [1.82, 2.24) is 10.8 Å². The van der Waals surface area contributed by atoms with Gasteiger partial charge in [-0.05, 0) is 18.9 Å². The average Bonchev–Trinajstić information content (AvgIpc) is 2.39. The van der Waals surface area contributed by atoms with Crippen LogP contribution in [0.5, 0.6) is 0 Å². The molecule has 0 saturated carbocycles. The van der Waals surface area contributed by atoms with Crippen LogP contribution < -0.4 is 10.8 Å². The molecule has 0 heterocycles. The van der Waals surface area contributed by atoms with E-state index in [2.05, 4.69) is 10.8 Å². The molecule has 0 aromatic heterocycles. The van der Waals surface area contributed by atoms with Crippen LogP contribution >= 0.6 is 0 Å². The molecule has 1 aromatic carbocycles. The van der Waals surface area contributed by atoms with Gasteiger partial charge in [0.1, 0.15) is 0 Å². The van der Waals surface area contributed by atoms with Crippen LogP contribution in [0.1, 0.15) is 44.7 Å². The van der Waals surface area contributed by atoms with Gasteiger partial charge >= 0.3 is 0 Å². The molecule has 4 heteroatoms. The van der Waals surface area contributed by atoms with Crippen molar-refractivity contribution in [3.05, 3.63) is 35.9 Å². The molecular formula is C14H22N2O2. The highest BCUT2D eigenvalue weighted by atomic mass is 16.5. The summed E-state index contributed by atoms with van der Waals surface area (Å²) in [6.45, 7) is 3.98. The number of hydrogen-bond acceptors (Lipinski definition) is 3. The van der Waals surface area contributed by atoms with Crippen molar-refractivity contribution in [2.45, 2.75) is 45.2 Å². The van der Waals surface area contributed by atoms with E-state index in [9.17, 15) is 4.79 Å². The summed E-state index contributed by atoms with van der Waals surface area (Å²) in [5.41, 5.74) is 3.26. The molecule has 3 N–H and O–H groups in total. The normalized spacial score (nSPS) is 13.9. The van der Waals surface area contributed by atoms with Gasteiger partial charge in [-0.3, -0.25) is 4.79 Å². The quantitative estimate of drug-likeness (QED) is 0.651. The Kier molecular flexibility index (Phi) is 6.39. The van der Waals surface area contributed by atoms with Gasteiger partial charge in [-0.25, -0.2) is 5.48 Å². The molecule has 1 rings (SSSR count). The summed E-state index contributed by atoms with van der Waals surface area (Å²) in [7, 11) is 0. The van der Waals surface area contributed by atoms with E-state index in [1.54, 1.807) is 0 Å². The molecule has 4 nitrogen and oxygen atoms in total. The van der Waals surface area contributed by atoms with Crippen molar-refractivity contribution < 1.29 is 10.0 Å². The van der Waals surface area contributed by atoms with Gasteiger partial charge in [0.25, 0.3) is 0 Å². The lowest BCUT2D eigenvalue weighted by Gasteiger charge is -2.17. The van der Waals surface area contributed by atoms with Crippen LogP contribution in [0.4, 0.5) is 0 Å². The lowest BCUT2D eigenvalue weighted by molar-refractivity contribution is -0.122. The zero-order chi connectivity index (χ0) is 13.4. The fourth-order valence-electron chi connectivity index (χ4n) is 1.91. The highest BCUT2D eigenvalue weighted by Gasteiger charge is 2.14. The van der Waals surface area contributed by atoms with Crippen molar-refractivity contribution in [2.24, 2.45) is 0 Å². The summed E-state index contributed by atoms with van der Waals surface area (Å²) in [6.07, 6.45) is 2.00. The maximum atomic E-state index is 11.8. The van der Waals surface area contributed by atoms with Crippen molar-refractivity contribution in [3.63, 3.8) is 0 Å². The fraction of sp³-hybridized carbons (Fsp3) is 0.500. The van der Waals surface area contributed by atoms with Gasteiger partial charge in [0, 0.05) is 12.5 Å². The Bertz CT molecular complexity index is 354. The predicted molar refractivity (Wildman–Crippen MR) is 71.2 cm³/mol. The third-order valence-electron chi connectivity index (χ3n) is 2.93. The Hall–Kier alpha value is -1.39. The first kappa shape index (κ1) is 14.7. The number of nitrogens with one attached hydrogen (secondary N) is 2. The average molecular weight is 250 g/mol. The number of benzene rings is 1. The second kappa shape index (κ2) is 7.84. The molecule has 1 amide bonds. The van der Waals surface area contributed by atoms with Crippen LogP contribution in [-0.4, -0.2) is 17.2 Å². The summed E-state index contributed by atoms with van der Waals surface area (Å²) >= 11 is 0. The van der Waals surface area contributed by atoms with Gasteiger partial charge in [-0.2, -0.15) is 0 Å². The molecule has 1 aromatic rings. The lowest BCUT2D eigenvalue weighted by atomic mass is 10.1. The topological polar surface area (TPSA) is 61.4 Å². The highest BCUT2D eigenvalue weighted by molar-refractivity contribution is 5.77. The molecule has 100 valence electrons. The number of carbonyl (C=O) groups excluding carboxylic acids is 1. The van der Waals surface area contributed by atoms with Crippen LogP contribution in [-0.2, 0) is 4.79 Å². The molecule has 0 bridgehead atoms. The minimum Gasteiger partial charge on any atom is -0.350 e. The summed E-state index contributed by atoms with van der Waals surface area (Å²) < 4.78 is 0. The number of rotatable bonds is 7. The van der Waals surface area contributed by atoms with Crippen molar-refractivity contribution in [1.29, 1.82) is 0 Å². The second-order valence-electron chi connectivity index (χ2n) is 4.52. The van der Waals surface area contributed by atoms with Gasteiger partial charge in [0.05, 0.1) is 6.04 Å². The number of amides is 1. The van der Waals surface area contributed by atoms with Crippen molar-refractivity contribution in [3.8, 4) is 0 Å². The third-order valence-corrected chi connectivity index (χ3v) is 2.93. The Labute approximate surface area is 108 Å². The van der Waals surface area contributed by atoms with Gasteiger partial charge < -0.3 is 10.5 Å². The number of hydrogen-bond donors (Lipinski definition) is 3. The molecule has 0 spiro atoms. The van der Waals surface area contributed by atoms with E-state index in [1.165, 1.54) is 0 Å². The van der Waals surface area contributed by atoms with Crippen LogP contribution in [0.15, 0.2) is 30.3 Å². The summed E-state index contributed by atoms with van der Waals surface area (Å²) in [5, 5.41) is 11.9. The molecule has 0 fully saturated rings. The first-order valence-electron chi connectivity index (χ1n) is 6.41. The minimum atomic E-state index is -0.169. The summed E-state index contributed by atoms with van der Waals surface area (Å²) in [4.78, 5) is 11.8. The molecule has 18 heavy (non-hydrogen) atoms. The monoisotopic (exact) mass is 250 g/mol. The zero-order valence-corrected chi connectivity index (χ0v) is 11.0. The Balaban J connectivity index is 2.44. The SMILES string of the molecule is CCC[C@@H](CC(=O)N[C@@H](C)c1ccccc1)NO. The third kappa shape index (κ3) is 4.85. The first-order valence-corrected chi connectivity index (χ1v) is 6.41. The van der Waals surface area contributed by atoms with Crippen molar-refractivity contribution >= 4 is 5.91 Å². The molecule has 2 atom stereocenters. The van der Waals surface area contributed by atoms with Crippen molar-refractivity contribution in [2.75, 3.05) is 0 Å². The Morgan fingerprint density at radius 1 is 1.33 bits per heavy atom. The van der Waals surface area contributed by atoms with E-state index < -0.39 is 0 Å². The highest BCUT2D eigenvalue weighted by Crippen LogP contribution is 2.11. The van der Waals surface area contributed by atoms with E-state index in [-0.39, 0.29) is 18.0 Å². The van der Waals surface area contributed by atoms with Crippen LogP contribution in [0.3, 0.4) is 0 Å².